The maximum absolute atomic E-state index is 12.4. The fourth-order valence-electron chi connectivity index (χ4n) is 2.29. The van der Waals surface area contributed by atoms with Crippen LogP contribution in [0.3, 0.4) is 0 Å². The van der Waals surface area contributed by atoms with Crippen LogP contribution in [-0.4, -0.2) is 45.4 Å². The Hall–Kier alpha value is -1.60. The molecule has 1 aliphatic rings. The van der Waals surface area contributed by atoms with E-state index in [1.807, 2.05) is 0 Å². The number of nitrogens with zero attached hydrogens (tertiary/aromatic N) is 2. The van der Waals surface area contributed by atoms with E-state index in [1.54, 1.807) is 31.4 Å². The Kier molecular flexibility index (Phi) is 4.61. The Balaban J connectivity index is 2.30. The van der Waals surface area contributed by atoms with E-state index in [0.29, 0.717) is 43.0 Å². The van der Waals surface area contributed by atoms with E-state index < -0.39 is 10.0 Å². The van der Waals surface area contributed by atoms with Gasteiger partial charge in [-0.15, -0.1) is 0 Å². The van der Waals surface area contributed by atoms with Gasteiger partial charge < -0.3 is 9.94 Å². The Morgan fingerprint density at radius 1 is 1.40 bits per heavy atom. The first-order valence-corrected chi connectivity index (χ1v) is 8.01. The molecule has 0 saturated heterocycles. The third-order valence-electron chi connectivity index (χ3n) is 3.24. The van der Waals surface area contributed by atoms with Gasteiger partial charge in [-0.3, -0.25) is 4.31 Å². The van der Waals surface area contributed by atoms with Crippen LogP contribution in [0.15, 0.2) is 29.4 Å². The minimum absolute atomic E-state index is 0.0424. The first kappa shape index (κ1) is 14.8. The number of ether oxygens (including phenoxy) is 1. The van der Waals surface area contributed by atoms with E-state index in [2.05, 4.69) is 5.16 Å². The smallest absolute Gasteiger partial charge is 0.235 e. The van der Waals surface area contributed by atoms with Crippen LogP contribution >= 0.6 is 0 Å². The van der Waals surface area contributed by atoms with E-state index in [0.717, 1.165) is 0 Å². The van der Waals surface area contributed by atoms with Crippen LogP contribution in [-0.2, 0) is 14.8 Å². The molecule has 0 radical (unpaired) electrons. The third-order valence-corrected chi connectivity index (χ3v) is 5.10. The van der Waals surface area contributed by atoms with Gasteiger partial charge in [0.05, 0.1) is 17.2 Å². The lowest BCUT2D eigenvalue weighted by Gasteiger charge is -2.30. The predicted octanol–water partition coefficient (Wildman–Crippen LogP) is 1.44. The van der Waals surface area contributed by atoms with Gasteiger partial charge in [-0.1, -0.05) is 23.4 Å². The molecule has 110 valence electrons. The lowest BCUT2D eigenvalue weighted by molar-refractivity contribution is 0.199. The van der Waals surface area contributed by atoms with Crippen LogP contribution in [0.25, 0.3) is 0 Å². The predicted molar refractivity (Wildman–Crippen MR) is 77.0 cm³/mol. The zero-order valence-corrected chi connectivity index (χ0v) is 12.1. The molecule has 0 aromatic heterocycles. The van der Waals surface area contributed by atoms with E-state index in [4.69, 9.17) is 9.94 Å². The topological polar surface area (TPSA) is 79.2 Å². The van der Waals surface area contributed by atoms with Crippen molar-refractivity contribution in [2.45, 2.75) is 12.8 Å². The molecule has 0 atom stereocenters. The number of methoxy groups -OCH3 is 1. The molecular formula is C13H18N2O4S. The molecular weight excluding hydrogens is 280 g/mol. The average Bonchev–Trinajstić information content (AvgIpc) is 2.46. The Labute approximate surface area is 118 Å². The molecule has 0 saturated carbocycles. The number of para-hydroxylation sites is 1. The molecule has 0 unspecified atom stereocenters. The number of oxime groups is 1. The van der Waals surface area contributed by atoms with E-state index in [-0.39, 0.29) is 5.75 Å². The fourth-order valence-corrected chi connectivity index (χ4v) is 3.82. The van der Waals surface area contributed by atoms with Crippen molar-refractivity contribution in [1.29, 1.82) is 0 Å². The summed E-state index contributed by atoms with van der Waals surface area (Å²) in [5, 5.41) is 12.3. The monoisotopic (exact) mass is 298 g/mol. The summed E-state index contributed by atoms with van der Waals surface area (Å²) >= 11 is 0. The number of hydrogen-bond donors (Lipinski definition) is 1. The first-order valence-electron chi connectivity index (χ1n) is 6.40. The summed E-state index contributed by atoms with van der Waals surface area (Å²) in [6.07, 6.45) is 0.857. The number of benzene rings is 1. The Morgan fingerprint density at radius 2 is 2.15 bits per heavy atom. The van der Waals surface area contributed by atoms with E-state index in [9.17, 15) is 8.42 Å². The Bertz CT molecular complexity index is 598. The van der Waals surface area contributed by atoms with Gasteiger partial charge in [0.2, 0.25) is 10.0 Å². The molecule has 0 fully saturated rings. The summed E-state index contributed by atoms with van der Waals surface area (Å²) in [7, 11) is -1.84. The second kappa shape index (κ2) is 6.23. The van der Waals surface area contributed by atoms with Crippen molar-refractivity contribution in [3.63, 3.8) is 0 Å². The van der Waals surface area contributed by atoms with Crippen molar-refractivity contribution in [2.24, 2.45) is 5.16 Å². The molecule has 7 heteroatoms. The molecule has 1 N–H and O–H groups in total. The van der Waals surface area contributed by atoms with Crippen molar-refractivity contribution in [1.82, 2.24) is 0 Å². The summed E-state index contributed by atoms with van der Waals surface area (Å²) in [5.74, 6) is 0.0424. The summed E-state index contributed by atoms with van der Waals surface area (Å²) in [4.78, 5) is 0. The highest BCUT2D eigenvalue weighted by Crippen LogP contribution is 2.29. The molecule has 0 aliphatic carbocycles. The average molecular weight is 298 g/mol. The fraction of sp³-hybridized carbons (Fsp3) is 0.462. The lowest BCUT2D eigenvalue weighted by Crippen LogP contribution is -2.39. The maximum atomic E-state index is 12.4. The minimum Gasteiger partial charge on any atom is -0.411 e. The molecule has 2 rings (SSSR count). The van der Waals surface area contributed by atoms with Gasteiger partial charge in [0.15, 0.2) is 0 Å². The quantitative estimate of drug-likeness (QED) is 0.507. The molecule has 0 amide bonds. The number of sulfonamides is 1. The van der Waals surface area contributed by atoms with Crippen LogP contribution in [0, 0.1) is 0 Å². The van der Waals surface area contributed by atoms with Gasteiger partial charge in [0, 0.05) is 32.2 Å². The van der Waals surface area contributed by atoms with Gasteiger partial charge in [-0.05, 0) is 12.5 Å². The molecule has 1 aromatic carbocycles. The van der Waals surface area contributed by atoms with Crippen LogP contribution < -0.4 is 4.31 Å². The van der Waals surface area contributed by atoms with E-state index >= 15 is 0 Å². The minimum atomic E-state index is -3.38. The largest absolute Gasteiger partial charge is 0.411 e. The standard InChI is InChI=1S/C13H18N2O4S/c1-19-9-4-10-20(17,18)15-8-7-12(14-16)11-5-2-3-6-13(11)15/h2-3,5-6,16H,4,7-10H2,1H3. The van der Waals surface area contributed by atoms with Crippen molar-refractivity contribution >= 4 is 21.4 Å². The summed E-state index contributed by atoms with van der Waals surface area (Å²) in [6.45, 7) is 0.712. The van der Waals surface area contributed by atoms with Gasteiger partial charge in [0.25, 0.3) is 0 Å². The highest BCUT2D eigenvalue weighted by atomic mass is 32.2. The molecule has 1 aromatic rings. The van der Waals surface area contributed by atoms with Crippen LogP contribution in [0.5, 0.6) is 0 Å². The zero-order valence-electron chi connectivity index (χ0n) is 11.3. The van der Waals surface area contributed by atoms with Crippen molar-refractivity contribution in [2.75, 3.05) is 30.3 Å². The molecule has 1 aliphatic heterocycles. The molecule has 1 heterocycles. The van der Waals surface area contributed by atoms with Crippen LogP contribution in [0.2, 0.25) is 0 Å². The molecule has 6 nitrogen and oxygen atoms in total. The zero-order chi connectivity index (χ0) is 14.6. The number of anilines is 1. The van der Waals surface area contributed by atoms with Gasteiger partial charge in [0.1, 0.15) is 0 Å². The van der Waals surface area contributed by atoms with Gasteiger partial charge >= 0.3 is 0 Å². The second-order valence-corrected chi connectivity index (χ2v) is 6.56. The summed E-state index contributed by atoms with van der Waals surface area (Å²) in [6, 6.07) is 7.07. The Morgan fingerprint density at radius 3 is 2.85 bits per heavy atom. The second-order valence-electron chi connectivity index (χ2n) is 4.55. The van der Waals surface area contributed by atoms with E-state index in [1.165, 1.54) is 4.31 Å². The van der Waals surface area contributed by atoms with Crippen molar-refractivity contribution in [3.05, 3.63) is 29.8 Å². The molecule has 20 heavy (non-hydrogen) atoms. The van der Waals surface area contributed by atoms with Crippen LogP contribution in [0.4, 0.5) is 5.69 Å². The van der Waals surface area contributed by atoms with Gasteiger partial charge in [-0.25, -0.2) is 8.42 Å². The lowest BCUT2D eigenvalue weighted by atomic mass is 10.0. The van der Waals surface area contributed by atoms with Crippen molar-refractivity contribution < 1.29 is 18.4 Å². The van der Waals surface area contributed by atoms with Gasteiger partial charge in [-0.2, -0.15) is 0 Å². The number of fused-ring (bicyclic) bond motifs is 1. The number of hydrogen-bond acceptors (Lipinski definition) is 5. The highest BCUT2D eigenvalue weighted by molar-refractivity contribution is 7.92. The third kappa shape index (κ3) is 2.94. The number of rotatable bonds is 5. The highest BCUT2D eigenvalue weighted by Gasteiger charge is 2.29. The van der Waals surface area contributed by atoms with Crippen LogP contribution in [0.1, 0.15) is 18.4 Å². The van der Waals surface area contributed by atoms with Crippen molar-refractivity contribution in [3.8, 4) is 0 Å². The molecule has 0 spiro atoms. The maximum Gasteiger partial charge on any atom is 0.235 e. The SMILES string of the molecule is COCCCS(=O)(=O)N1CCC(=NO)c2ccccc21. The summed E-state index contributed by atoms with van der Waals surface area (Å²) < 4.78 is 31.1. The molecule has 0 bridgehead atoms. The summed E-state index contributed by atoms with van der Waals surface area (Å²) in [5.41, 5.74) is 1.75. The normalized spacial score (nSPS) is 17.2. The first-order chi connectivity index (χ1) is 9.60.